The molecule has 2 aromatic heterocycles. The van der Waals surface area contributed by atoms with Gasteiger partial charge in [0.25, 0.3) is 0 Å². The van der Waals surface area contributed by atoms with E-state index in [4.69, 9.17) is 17.3 Å². The van der Waals surface area contributed by atoms with E-state index in [1.54, 1.807) is 6.33 Å². The van der Waals surface area contributed by atoms with Crippen LogP contribution in [0.25, 0.3) is 11.2 Å². The van der Waals surface area contributed by atoms with Crippen LogP contribution in [0.2, 0.25) is 5.02 Å². The van der Waals surface area contributed by atoms with E-state index in [0.29, 0.717) is 17.2 Å². The average Bonchev–Trinajstić information content (AvgIpc) is 2.90. The molecule has 0 bridgehead atoms. The molecule has 3 rings (SSSR count). The number of aromatic nitrogens is 4. The van der Waals surface area contributed by atoms with Crippen LogP contribution in [0.1, 0.15) is 5.56 Å². The number of halogens is 1. The summed E-state index contributed by atoms with van der Waals surface area (Å²) < 4.78 is 0. The molecule has 96 valence electrons. The van der Waals surface area contributed by atoms with E-state index >= 15 is 0 Å². The van der Waals surface area contributed by atoms with Gasteiger partial charge in [-0.2, -0.15) is 0 Å². The number of nitrogens with two attached hydrogens (primary N) is 1. The van der Waals surface area contributed by atoms with Crippen molar-refractivity contribution in [2.75, 3.05) is 0 Å². The smallest absolute Gasteiger partial charge is 0.181 e. The minimum absolute atomic E-state index is 0.431. The number of nitrogens with zero attached hydrogens (tertiary/aromatic N) is 3. The lowest BCUT2D eigenvalue weighted by atomic mass is 10.2. The second-order valence-corrected chi connectivity index (χ2v) is 5.31. The average molecular weight is 292 g/mol. The molecule has 0 aliphatic carbocycles. The molecule has 0 aliphatic rings. The first-order chi connectivity index (χ1) is 9.28. The maximum atomic E-state index is 5.97. The van der Waals surface area contributed by atoms with Crippen LogP contribution in [0.4, 0.5) is 0 Å². The number of aromatic amines is 1. The molecule has 0 radical (unpaired) electrons. The van der Waals surface area contributed by atoms with Crippen molar-refractivity contribution < 1.29 is 0 Å². The van der Waals surface area contributed by atoms with Gasteiger partial charge in [0, 0.05) is 16.5 Å². The molecule has 0 unspecified atom stereocenters. The fraction of sp³-hybridized carbons (Fsp3) is 0.0833. The third-order valence-electron chi connectivity index (χ3n) is 2.64. The minimum atomic E-state index is 0.431. The Hall–Kier alpha value is -1.63. The van der Waals surface area contributed by atoms with Gasteiger partial charge in [0.15, 0.2) is 5.65 Å². The van der Waals surface area contributed by atoms with Gasteiger partial charge in [-0.15, -0.1) is 0 Å². The fourth-order valence-corrected chi connectivity index (χ4v) is 2.90. The van der Waals surface area contributed by atoms with Gasteiger partial charge in [0.2, 0.25) is 0 Å². The summed E-state index contributed by atoms with van der Waals surface area (Å²) in [7, 11) is 0. The van der Waals surface area contributed by atoms with E-state index in [-0.39, 0.29) is 0 Å². The summed E-state index contributed by atoms with van der Waals surface area (Å²) in [4.78, 5) is 16.6. The molecule has 0 atom stereocenters. The Bertz CT molecular complexity index is 727. The number of benzene rings is 1. The lowest BCUT2D eigenvalue weighted by Crippen LogP contribution is -1.98. The highest BCUT2D eigenvalue weighted by Crippen LogP contribution is 2.33. The van der Waals surface area contributed by atoms with Gasteiger partial charge in [-0.05, 0) is 23.8 Å². The summed E-state index contributed by atoms with van der Waals surface area (Å²) in [5, 5.41) is 1.50. The third-order valence-corrected chi connectivity index (χ3v) is 3.99. The monoisotopic (exact) mass is 291 g/mol. The Morgan fingerprint density at radius 2 is 2.16 bits per heavy atom. The van der Waals surface area contributed by atoms with E-state index in [9.17, 15) is 0 Å². The number of rotatable bonds is 3. The van der Waals surface area contributed by atoms with Crippen LogP contribution in [0.5, 0.6) is 0 Å². The number of H-pyrrole nitrogens is 1. The summed E-state index contributed by atoms with van der Waals surface area (Å²) in [5.74, 6) is 0. The van der Waals surface area contributed by atoms with E-state index < -0.39 is 0 Å². The van der Waals surface area contributed by atoms with Crippen LogP contribution in [-0.2, 0) is 6.54 Å². The van der Waals surface area contributed by atoms with Gasteiger partial charge in [-0.1, -0.05) is 23.4 Å². The third kappa shape index (κ3) is 2.42. The summed E-state index contributed by atoms with van der Waals surface area (Å²) >= 11 is 7.49. The zero-order valence-corrected chi connectivity index (χ0v) is 11.4. The lowest BCUT2D eigenvalue weighted by molar-refractivity contribution is 1.02. The highest BCUT2D eigenvalue weighted by atomic mass is 35.5. The predicted octanol–water partition coefficient (Wildman–Crippen LogP) is 2.62. The van der Waals surface area contributed by atoms with E-state index in [1.165, 1.54) is 18.1 Å². The van der Waals surface area contributed by atoms with Crippen molar-refractivity contribution in [2.24, 2.45) is 5.73 Å². The van der Waals surface area contributed by atoms with Gasteiger partial charge in [-0.25, -0.2) is 15.0 Å². The Labute approximate surface area is 118 Å². The summed E-state index contributed by atoms with van der Waals surface area (Å²) in [6.07, 6.45) is 3.11. The van der Waals surface area contributed by atoms with Crippen molar-refractivity contribution >= 4 is 34.5 Å². The Morgan fingerprint density at radius 1 is 1.26 bits per heavy atom. The molecule has 0 spiro atoms. The molecule has 0 amide bonds. The van der Waals surface area contributed by atoms with Crippen LogP contribution in [0.15, 0.2) is 40.8 Å². The standard InChI is InChI=1S/C12H10ClN5S/c13-8-1-2-9(7(3-8)4-14)19-12-10-11(16-5-15-10)17-6-18-12/h1-3,5-6H,4,14H2,(H,15,16,17,18). The van der Waals surface area contributed by atoms with Gasteiger partial charge < -0.3 is 10.7 Å². The van der Waals surface area contributed by atoms with Gasteiger partial charge in [0.05, 0.1) is 6.33 Å². The molecule has 19 heavy (non-hydrogen) atoms. The van der Waals surface area contributed by atoms with Gasteiger partial charge in [-0.3, -0.25) is 0 Å². The minimum Gasteiger partial charge on any atom is -0.341 e. The lowest BCUT2D eigenvalue weighted by Gasteiger charge is -2.07. The van der Waals surface area contributed by atoms with Gasteiger partial charge in [0.1, 0.15) is 16.9 Å². The molecule has 3 N–H and O–H groups in total. The van der Waals surface area contributed by atoms with Crippen LogP contribution in [-0.4, -0.2) is 19.9 Å². The maximum absolute atomic E-state index is 5.97. The summed E-state index contributed by atoms with van der Waals surface area (Å²) in [5.41, 5.74) is 8.21. The second kappa shape index (κ2) is 5.16. The largest absolute Gasteiger partial charge is 0.341 e. The highest BCUT2D eigenvalue weighted by Gasteiger charge is 2.10. The van der Waals surface area contributed by atoms with Crippen LogP contribution >= 0.6 is 23.4 Å². The van der Waals surface area contributed by atoms with Crippen molar-refractivity contribution in [3.8, 4) is 0 Å². The number of nitrogens with one attached hydrogen (secondary N) is 1. The Morgan fingerprint density at radius 3 is 3.00 bits per heavy atom. The molecular weight excluding hydrogens is 282 g/mol. The second-order valence-electron chi connectivity index (χ2n) is 3.84. The Kier molecular flexibility index (Phi) is 3.37. The number of fused-ring (bicyclic) bond motifs is 1. The molecule has 5 nitrogen and oxygen atoms in total. The van der Waals surface area contributed by atoms with Crippen molar-refractivity contribution in [3.63, 3.8) is 0 Å². The molecule has 0 saturated heterocycles. The van der Waals surface area contributed by atoms with E-state index in [1.807, 2.05) is 18.2 Å². The molecule has 7 heteroatoms. The van der Waals surface area contributed by atoms with Crippen molar-refractivity contribution in [3.05, 3.63) is 41.4 Å². The molecule has 0 saturated carbocycles. The first kappa shape index (κ1) is 12.4. The van der Waals surface area contributed by atoms with Crippen LogP contribution < -0.4 is 5.73 Å². The molecule has 0 fully saturated rings. The van der Waals surface area contributed by atoms with Crippen molar-refractivity contribution in [1.82, 2.24) is 19.9 Å². The zero-order valence-electron chi connectivity index (χ0n) is 9.80. The van der Waals surface area contributed by atoms with Gasteiger partial charge >= 0.3 is 0 Å². The van der Waals surface area contributed by atoms with Crippen molar-refractivity contribution in [2.45, 2.75) is 16.5 Å². The quantitative estimate of drug-likeness (QED) is 0.725. The topological polar surface area (TPSA) is 80.5 Å². The summed E-state index contributed by atoms with van der Waals surface area (Å²) in [6, 6.07) is 5.66. The van der Waals surface area contributed by atoms with Crippen molar-refractivity contribution in [1.29, 1.82) is 0 Å². The van der Waals surface area contributed by atoms with Crippen LogP contribution in [0, 0.1) is 0 Å². The number of hydrogen-bond donors (Lipinski definition) is 2. The van der Waals surface area contributed by atoms with E-state index in [2.05, 4.69) is 19.9 Å². The first-order valence-corrected chi connectivity index (χ1v) is 6.78. The van der Waals surface area contributed by atoms with Crippen LogP contribution in [0.3, 0.4) is 0 Å². The first-order valence-electron chi connectivity index (χ1n) is 5.58. The predicted molar refractivity (Wildman–Crippen MR) is 75.2 cm³/mol. The molecule has 2 heterocycles. The fourth-order valence-electron chi connectivity index (χ4n) is 1.73. The normalized spacial score (nSPS) is 11.1. The SMILES string of the molecule is NCc1cc(Cl)ccc1Sc1ncnc2nc[nH]c12. The Balaban J connectivity index is 2.03. The van der Waals surface area contributed by atoms with E-state index in [0.717, 1.165) is 21.0 Å². The maximum Gasteiger partial charge on any atom is 0.181 e. The molecular formula is C12H10ClN5S. The number of imidazole rings is 1. The highest BCUT2D eigenvalue weighted by molar-refractivity contribution is 7.99. The number of hydrogen-bond acceptors (Lipinski definition) is 5. The summed E-state index contributed by atoms with van der Waals surface area (Å²) in [6.45, 7) is 0.431. The molecule has 1 aromatic carbocycles. The molecule has 3 aromatic rings. The molecule has 0 aliphatic heterocycles. The zero-order chi connectivity index (χ0) is 13.2.